The van der Waals surface area contributed by atoms with E-state index in [4.69, 9.17) is 16.3 Å². The van der Waals surface area contributed by atoms with Gasteiger partial charge in [0.1, 0.15) is 12.4 Å². The van der Waals surface area contributed by atoms with Gasteiger partial charge in [-0.05, 0) is 36.4 Å². The number of anilines is 1. The summed E-state index contributed by atoms with van der Waals surface area (Å²) in [6, 6.07) is 22.0. The first-order valence-electron chi connectivity index (χ1n) is 9.68. The molecule has 0 saturated heterocycles. The third-order valence-electron chi connectivity index (χ3n) is 5.52. The number of rotatable bonds is 5. The van der Waals surface area contributed by atoms with Gasteiger partial charge in [0, 0.05) is 33.2 Å². The molecule has 1 aromatic heterocycles. The Kier molecular flexibility index (Phi) is 4.50. The summed E-state index contributed by atoms with van der Waals surface area (Å²) in [6.45, 7) is 0.592. The molecule has 1 amide bonds. The van der Waals surface area contributed by atoms with Crippen LogP contribution in [0.3, 0.4) is 0 Å². The first-order chi connectivity index (χ1) is 14.6. The summed E-state index contributed by atoms with van der Waals surface area (Å²) in [5.74, 6) is 0.291. The van der Waals surface area contributed by atoms with Crippen molar-refractivity contribution < 1.29 is 14.6 Å². The number of H-pyrrole nitrogens is 1. The van der Waals surface area contributed by atoms with Crippen LogP contribution in [0.2, 0.25) is 5.02 Å². The van der Waals surface area contributed by atoms with Crippen LogP contribution in [-0.4, -0.2) is 29.1 Å². The Morgan fingerprint density at radius 1 is 0.967 bits per heavy atom. The lowest BCUT2D eigenvalue weighted by Crippen LogP contribution is -2.42. The molecule has 1 aliphatic rings. The number of hydrogen-bond acceptors (Lipinski definition) is 3. The van der Waals surface area contributed by atoms with Crippen LogP contribution >= 0.6 is 11.6 Å². The summed E-state index contributed by atoms with van der Waals surface area (Å²) in [4.78, 5) is 18.3. The second-order valence-electron chi connectivity index (χ2n) is 7.23. The molecular formula is C24H19ClN2O3. The zero-order chi connectivity index (χ0) is 20.7. The minimum atomic E-state index is -1.75. The van der Waals surface area contributed by atoms with Crippen molar-refractivity contribution in [3.8, 4) is 5.75 Å². The van der Waals surface area contributed by atoms with Crippen LogP contribution in [0.5, 0.6) is 5.75 Å². The molecule has 0 saturated carbocycles. The quantitative estimate of drug-likeness (QED) is 0.502. The van der Waals surface area contributed by atoms with Gasteiger partial charge in [-0.3, -0.25) is 4.79 Å². The number of aliphatic hydroxyl groups is 1. The maximum atomic E-state index is 13.5. The third-order valence-corrected chi connectivity index (χ3v) is 5.77. The number of fused-ring (bicyclic) bond motifs is 2. The van der Waals surface area contributed by atoms with E-state index in [1.165, 1.54) is 0 Å². The van der Waals surface area contributed by atoms with Crippen LogP contribution in [0.15, 0.2) is 79.0 Å². The molecule has 150 valence electrons. The van der Waals surface area contributed by atoms with Crippen LogP contribution < -0.4 is 9.64 Å². The fraction of sp³-hybridized carbons (Fsp3) is 0.125. The van der Waals surface area contributed by atoms with Crippen molar-refractivity contribution in [2.24, 2.45) is 0 Å². The molecule has 1 atom stereocenters. The molecule has 5 rings (SSSR count). The smallest absolute Gasteiger partial charge is 0.268 e. The van der Waals surface area contributed by atoms with Gasteiger partial charge in [-0.15, -0.1) is 0 Å². The highest BCUT2D eigenvalue weighted by Gasteiger charge is 2.51. The van der Waals surface area contributed by atoms with Crippen molar-refractivity contribution in [2.75, 3.05) is 18.1 Å². The first kappa shape index (κ1) is 18.7. The number of amides is 1. The molecule has 6 heteroatoms. The minimum absolute atomic E-state index is 0.283. The Morgan fingerprint density at radius 3 is 2.53 bits per heavy atom. The Bertz CT molecular complexity index is 1230. The van der Waals surface area contributed by atoms with Crippen molar-refractivity contribution in [3.63, 3.8) is 0 Å². The van der Waals surface area contributed by atoms with E-state index >= 15 is 0 Å². The Balaban J connectivity index is 1.47. The van der Waals surface area contributed by atoms with Crippen molar-refractivity contribution in [2.45, 2.75) is 5.60 Å². The normalized spacial score (nSPS) is 18.1. The molecule has 0 unspecified atom stereocenters. The summed E-state index contributed by atoms with van der Waals surface area (Å²) >= 11 is 5.91. The maximum absolute atomic E-state index is 13.5. The summed E-state index contributed by atoms with van der Waals surface area (Å²) in [7, 11) is 0. The largest absolute Gasteiger partial charge is 0.492 e. The Labute approximate surface area is 178 Å². The molecule has 4 aromatic rings. The van der Waals surface area contributed by atoms with E-state index in [-0.39, 0.29) is 12.5 Å². The predicted molar refractivity (Wildman–Crippen MR) is 117 cm³/mol. The van der Waals surface area contributed by atoms with E-state index in [9.17, 15) is 9.90 Å². The predicted octanol–water partition coefficient (Wildman–Crippen LogP) is 4.48. The molecule has 0 radical (unpaired) electrons. The second-order valence-corrected chi connectivity index (χ2v) is 7.67. The number of carbonyl (C=O) groups excluding carboxylic acids is 1. The summed E-state index contributed by atoms with van der Waals surface area (Å²) in [6.07, 6.45) is 1.72. The highest BCUT2D eigenvalue weighted by atomic mass is 35.5. The molecule has 0 fully saturated rings. The highest BCUT2D eigenvalue weighted by Crippen LogP contribution is 2.46. The van der Waals surface area contributed by atoms with Crippen LogP contribution in [0.1, 0.15) is 11.1 Å². The molecule has 0 spiro atoms. The maximum Gasteiger partial charge on any atom is 0.268 e. The van der Waals surface area contributed by atoms with Crippen molar-refractivity contribution in [1.82, 2.24) is 4.98 Å². The fourth-order valence-corrected chi connectivity index (χ4v) is 4.20. The molecule has 3 aromatic carbocycles. The van der Waals surface area contributed by atoms with E-state index in [0.717, 1.165) is 10.9 Å². The summed E-state index contributed by atoms with van der Waals surface area (Å²) in [5.41, 5.74) is 0.935. The fourth-order valence-electron chi connectivity index (χ4n) is 4.07. The number of halogens is 1. The average molecular weight is 419 g/mol. The van der Waals surface area contributed by atoms with E-state index in [0.29, 0.717) is 34.1 Å². The first-order valence-corrected chi connectivity index (χ1v) is 10.1. The summed E-state index contributed by atoms with van der Waals surface area (Å²) < 4.78 is 5.78. The van der Waals surface area contributed by atoms with E-state index < -0.39 is 5.60 Å². The number of nitrogens with one attached hydrogen (secondary N) is 1. The number of benzene rings is 3. The van der Waals surface area contributed by atoms with Gasteiger partial charge in [-0.25, -0.2) is 0 Å². The topological polar surface area (TPSA) is 65.6 Å². The Hall–Kier alpha value is -3.28. The van der Waals surface area contributed by atoms with Gasteiger partial charge in [-0.2, -0.15) is 0 Å². The van der Waals surface area contributed by atoms with Gasteiger partial charge in [0.2, 0.25) is 0 Å². The lowest BCUT2D eigenvalue weighted by Gasteiger charge is -2.23. The summed E-state index contributed by atoms with van der Waals surface area (Å²) in [5, 5.41) is 13.2. The molecule has 0 bridgehead atoms. The average Bonchev–Trinajstić information content (AvgIpc) is 3.30. The second kappa shape index (κ2) is 7.20. The number of aromatic nitrogens is 1. The van der Waals surface area contributed by atoms with Crippen molar-refractivity contribution in [3.05, 3.63) is 95.1 Å². The van der Waals surface area contributed by atoms with Gasteiger partial charge in [-0.1, -0.05) is 48.0 Å². The number of para-hydroxylation sites is 2. The molecule has 2 heterocycles. The van der Waals surface area contributed by atoms with Crippen molar-refractivity contribution in [1.29, 1.82) is 0 Å². The van der Waals surface area contributed by atoms with Gasteiger partial charge in [0.25, 0.3) is 5.91 Å². The number of carbonyl (C=O) groups is 1. The Morgan fingerprint density at radius 2 is 1.70 bits per heavy atom. The lowest BCUT2D eigenvalue weighted by molar-refractivity contribution is -0.132. The van der Waals surface area contributed by atoms with E-state index in [1.807, 2.05) is 42.5 Å². The highest BCUT2D eigenvalue weighted by molar-refractivity contribution is 6.30. The zero-order valence-corrected chi connectivity index (χ0v) is 16.8. The molecule has 30 heavy (non-hydrogen) atoms. The standard InChI is InChI=1S/C24H19ClN2O3/c25-16-9-11-17(12-10-16)30-14-13-27-22-8-4-2-6-19(22)24(29,23(27)28)20-15-26-21-7-3-1-5-18(20)21/h1-12,15,26,29H,13-14H2/t24-/m0/s1. The molecule has 2 N–H and O–H groups in total. The van der Waals surface area contributed by atoms with Gasteiger partial charge in [0.05, 0.1) is 12.2 Å². The zero-order valence-electron chi connectivity index (χ0n) is 16.0. The van der Waals surface area contributed by atoms with E-state index in [1.54, 1.807) is 41.4 Å². The van der Waals surface area contributed by atoms with Crippen LogP contribution in [0.25, 0.3) is 10.9 Å². The molecule has 1 aliphatic heterocycles. The molecule has 5 nitrogen and oxygen atoms in total. The monoisotopic (exact) mass is 418 g/mol. The third kappa shape index (κ3) is 2.86. The van der Waals surface area contributed by atoms with Crippen LogP contribution in [0.4, 0.5) is 5.69 Å². The number of hydrogen-bond donors (Lipinski definition) is 2. The van der Waals surface area contributed by atoms with Crippen LogP contribution in [-0.2, 0) is 10.4 Å². The number of nitrogens with zero attached hydrogens (tertiary/aromatic N) is 1. The number of aromatic amines is 1. The molecule has 0 aliphatic carbocycles. The van der Waals surface area contributed by atoms with E-state index in [2.05, 4.69) is 4.98 Å². The number of ether oxygens (including phenoxy) is 1. The SMILES string of the molecule is O=C1N(CCOc2ccc(Cl)cc2)c2ccccc2[C@]1(O)c1c[nH]c2ccccc12. The van der Waals surface area contributed by atoms with Gasteiger partial charge < -0.3 is 19.7 Å². The lowest BCUT2D eigenvalue weighted by atomic mass is 9.87. The minimum Gasteiger partial charge on any atom is -0.492 e. The van der Waals surface area contributed by atoms with Gasteiger partial charge in [0.15, 0.2) is 5.60 Å². The van der Waals surface area contributed by atoms with Gasteiger partial charge >= 0.3 is 0 Å². The van der Waals surface area contributed by atoms with Crippen molar-refractivity contribution >= 4 is 34.1 Å². The molecular weight excluding hydrogens is 400 g/mol. The van der Waals surface area contributed by atoms with Crippen LogP contribution in [0, 0.1) is 0 Å².